The summed E-state index contributed by atoms with van der Waals surface area (Å²) in [5, 5.41) is 3.14. The maximum absolute atomic E-state index is 12.3. The molecule has 1 aliphatic carbocycles. The van der Waals surface area contributed by atoms with Crippen LogP contribution in [0.25, 0.3) is 0 Å². The Labute approximate surface area is 122 Å². The number of rotatable bonds is 3. The third-order valence-electron chi connectivity index (χ3n) is 4.19. The van der Waals surface area contributed by atoms with Crippen molar-refractivity contribution in [2.24, 2.45) is 11.8 Å². The summed E-state index contributed by atoms with van der Waals surface area (Å²) in [6, 6.07) is 5.74. The first-order valence-corrected chi connectivity index (χ1v) is 7.46. The van der Waals surface area contributed by atoms with Gasteiger partial charge in [-0.05, 0) is 42.9 Å². The molecule has 1 aromatic carbocycles. The largest absolute Gasteiger partial charge is 0.496 e. The number of methoxy groups -OCH3 is 1. The van der Waals surface area contributed by atoms with Crippen molar-refractivity contribution >= 4 is 21.8 Å². The van der Waals surface area contributed by atoms with E-state index in [0.29, 0.717) is 23.1 Å². The number of hydrogen-bond donors (Lipinski definition) is 1. The number of halogens is 1. The summed E-state index contributed by atoms with van der Waals surface area (Å²) in [5.41, 5.74) is 0.595. The van der Waals surface area contributed by atoms with E-state index < -0.39 is 0 Å². The number of benzene rings is 1. The molecule has 3 nitrogen and oxygen atoms in total. The Morgan fingerprint density at radius 3 is 2.68 bits per heavy atom. The summed E-state index contributed by atoms with van der Waals surface area (Å²) >= 11 is 3.38. The lowest BCUT2D eigenvalue weighted by molar-refractivity contribution is 0.0924. The first-order valence-electron chi connectivity index (χ1n) is 6.67. The molecule has 1 saturated carbocycles. The second kappa shape index (κ2) is 5.95. The zero-order valence-electron chi connectivity index (χ0n) is 11.6. The highest BCUT2D eigenvalue weighted by Gasteiger charge is 2.31. The predicted octanol–water partition coefficient (Wildman–Crippen LogP) is 3.62. The number of carbonyl (C=O) groups is 1. The van der Waals surface area contributed by atoms with Gasteiger partial charge in [-0.1, -0.05) is 29.8 Å². The average Bonchev–Trinajstić information content (AvgIpc) is 2.70. The van der Waals surface area contributed by atoms with E-state index in [2.05, 4.69) is 35.1 Å². The van der Waals surface area contributed by atoms with Crippen LogP contribution in [0.4, 0.5) is 0 Å². The molecular formula is C15H20BrNO2. The molecule has 1 N–H and O–H groups in total. The molecule has 4 heteroatoms. The van der Waals surface area contributed by atoms with Gasteiger partial charge in [-0.25, -0.2) is 0 Å². The molecule has 0 spiro atoms. The fraction of sp³-hybridized carbons (Fsp3) is 0.533. The summed E-state index contributed by atoms with van der Waals surface area (Å²) < 4.78 is 6.18. The van der Waals surface area contributed by atoms with E-state index in [9.17, 15) is 4.79 Å². The summed E-state index contributed by atoms with van der Waals surface area (Å²) in [4.78, 5) is 12.3. The third kappa shape index (κ3) is 3.11. The highest BCUT2D eigenvalue weighted by molar-refractivity contribution is 9.10. The van der Waals surface area contributed by atoms with Crippen LogP contribution in [0.1, 0.15) is 37.0 Å². The second-order valence-electron chi connectivity index (χ2n) is 5.34. The molecule has 1 aliphatic rings. The van der Waals surface area contributed by atoms with E-state index in [1.165, 1.54) is 6.42 Å². The zero-order chi connectivity index (χ0) is 14.0. The molecule has 0 radical (unpaired) electrons. The monoisotopic (exact) mass is 325 g/mol. The van der Waals surface area contributed by atoms with Crippen LogP contribution in [0.3, 0.4) is 0 Å². The summed E-state index contributed by atoms with van der Waals surface area (Å²) in [6.07, 6.45) is 2.25. The molecular weight excluding hydrogens is 306 g/mol. The number of nitrogens with one attached hydrogen (secondary N) is 1. The smallest absolute Gasteiger partial charge is 0.255 e. The van der Waals surface area contributed by atoms with Crippen LogP contribution in [0.15, 0.2) is 22.7 Å². The molecule has 3 unspecified atom stereocenters. The molecule has 104 valence electrons. The van der Waals surface area contributed by atoms with Crippen molar-refractivity contribution in [2.75, 3.05) is 7.11 Å². The maximum Gasteiger partial charge on any atom is 0.255 e. The quantitative estimate of drug-likeness (QED) is 0.921. The Morgan fingerprint density at radius 1 is 1.37 bits per heavy atom. The van der Waals surface area contributed by atoms with E-state index in [4.69, 9.17) is 4.74 Å². The molecule has 0 heterocycles. The van der Waals surface area contributed by atoms with Crippen LogP contribution in [0.5, 0.6) is 5.75 Å². The van der Waals surface area contributed by atoms with Crippen LogP contribution in [-0.2, 0) is 0 Å². The summed E-state index contributed by atoms with van der Waals surface area (Å²) in [5.74, 6) is 1.77. The van der Waals surface area contributed by atoms with Gasteiger partial charge in [-0.15, -0.1) is 0 Å². The first kappa shape index (κ1) is 14.4. The van der Waals surface area contributed by atoms with E-state index >= 15 is 0 Å². The average molecular weight is 326 g/mol. The van der Waals surface area contributed by atoms with Gasteiger partial charge in [0.1, 0.15) is 5.75 Å². The van der Waals surface area contributed by atoms with E-state index in [-0.39, 0.29) is 11.9 Å². The van der Waals surface area contributed by atoms with E-state index in [0.717, 1.165) is 10.9 Å². The van der Waals surface area contributed by atoms with E-state index in [1.54, 1.807) is 13.2 Å². The van der Waals surface area contributed by atoms with Crippen LogP contribution >= 0.6 is 15.9 Å². The molecule has 1 amide bonds. The molecule has 19 heavy (non-hydrogen) atoms. The molecule has 0 bridgehead atoms. The van der Waals surface area contributed by atoms with Crippen LogP contribution in [0.2, 0.25) is 0 Å². The molecule has 2 rings (SSSR count). The van der Waals surface area contributed by atoms with Crippen molar-refractivity contribution in [3.8, 4) is 5.75 Å². The molecule has 1 aromatic rings. The molecule has 0 aromatic heterocycles. The topological polar surface area (TPSA) is 38.3 Å². The van der Waals surface area contributed by atoms with Crippen molar-refractivity contribution in [3.05, 3.63) is 28.2 Å². The Hall–Kier alpha value is -1.03. The molecule has 0 saturated heterocycles. The minimum atomic E-state index is -0.0460. The van der Waals surface area contributed by atoms with Gasteiger partial charge in [0.15, 0.2) is 0 Å². The minimum Gasteiger partial charge on any atom is -0.496 e. The Kier molecular flexibility index (Phi) is 4.50. The first-order chi connectivity index (χ1) is 9.02. The van der Waals surface area contributed by atoms with Crippen molar-refractivity contribution in [3.63, 3.8) is 0 Å². The highest BCUT2D eigenvalue weighted by Crippen LogP contribution is 2.32. The van der Waals surface area contributed by atoms with Gasteiger partial charge >= 0.3 is 0 Å². The SMILES string of the molecule is COc1cc(Br)ccc1C(=O)NC1CCC(C)C1C. The van der Waals surface area contributed by atoms with Crippen LogP contribution in [0, 0.1) is 11.8 Å². The highest BCUT2D eigenvalue weighted by atomic mass is 79.9. The van der Waals surface area contributed by atoms with Gasteiger partial charge in [-0.2, -0.15) is 0 Å². The number of ether oxygens (including phenoxy) is 1. The Morgan fingerprint density at radius 2 is 2.11 bits per heavy atom. The third-order valence-corrected chi connectivity index (χ3v) is 4.68. The van der Waals surface area contributed by atoms with Gasteiger partial charge in [0.2, 0.25) is 0 Å². The van der Waals surface area contributed by atoms with Gasteiger partial charge in [0.05, 0.1) is 12.7 Å². The van der Waals surface area contributed by atoms with Crippen LogP contribution in [-0.4, -0.2) is 19.1 Å². The normalized spacial score (nSPS) is 26.2. The molecule has 1 fully saturated rings. The summed E-state index contributed by atoms with van der Waals surface area (Å²) in [7, 11) is 1.58. The maximum atomic E-state index is 12.3. The number of carbonyl (C=O) groups excluding carboxylic acids is 1. The van der Waals surface area contributed by atoms with Crippen molar-refractivity contribution in [2.45, 2.75) is 32.7 Å². The predicted molar refractivity (Wildman–Crippen MR) is 79.5 cm³/mol. The molecule has 0 aliphatic heterocycles. The fourth-order valence-electron chi connectivity index (χ4n) is 2.67. The number of amides is 1. The van der Waals surface area contributed by atoms with Gasteiger partial charge in [0, 0.05) is 10.5 Å². The van der Waals surface area contributed by atoms with Crippen molar-refractivity contribution in [1.82, 2.24) is 5.32 Å². The van der Waals surface area contributed by atoms with Crippen molar-refractivity contribution in [1.29, 1.82) is 0 Å². The zero-order valence-corrected chi connectivity index (χ0v) is 13.2. The molecule has 3 atom stereocenters. The fourth-order valence-corrected chi connectivity index (χ4v) is 3.01. The Balaban J connectivity index is 2.12. The summed E-state index contributed by atoms with van der Waals surface area (Å²) in [6.45, 7) is 4.46. The second-order valence-corrected chi connectivity index (χ2v) is 6.25. The minimum absolute atomic E-state index is 0.0460. The lowest BCUT2D eigenvalue weighted by Crippen LogP contribution is -2.37. The van der Waals surface area contributed by atoms with Crippen molar-refractivity contribution < 1.29 is 9.53 Å². The standard InChI is InChI=1S/C15H20BrNO2/c1-9-4-7-13(10(9)2)17-15(18)12-6-5-11(16)8-14(12)19-3/h5-6,8-10,13H,4,7H2,1-3H3,(H,17,18). The Bertz CT molecular complexity index is 475. The number of hydrogen-bond acceptors (Lipinski definition) is 2. The lowest BCUT2D eigenvalue weighted by atomic mass is 9.97. The van der Waals surface area contributed by atoms with Gasteiger partial charge in [-0.3, -0.25) is 4.79 Å². The van der Waals surface area contributed by atoms with E-state index in [1.807, 2.05) is 12.1 Å². The van der Waals surface area contributed by atoms with Crippen LogP contribution < -0.4 is 10.1 Å². The van der Waals surface area contributed by atoms with Gasteiger partial charge < -0.3 is 10.1 Å². The van der Waals surface area contributed by atoms with Gasteiger partial charge in [0.25, 0.3) is 5.91 Å². The lowest BCUT2D eigenvalue weighted by Gasteiger charge is -2.20.